The van der Waals surface area contributed by atoms with E-state index in [1.54, 1.807) is 0 Å². The molecule has 1 aliphatic rings. The summed E-state index contributed by atoms with van der Waals surface area (Å²) in [5.74, 6) is 0.212. The topological polar surface area (TPSA) is 96.2 Å². The molecule has 19 heavy (non-hydrogen) atoms. The zero-order valence-electron chi connectivity index (χ0n) is 11.4. The second-order valence-electron chi connectivity index (χ2n) is 5.01. The van der Waals surface area contributed by atoms with Crippen LogP contribution in [0.5, 0.6) is 0 Å². The average Bonchev–Trinajstić information content (AvgIpc) is 2.35. The van der Waals surface area contributed by atoms with Crippen molar-refractivity contribution in [3.05, 3.63) is 20.8 Å². The average molecular weight is 267 g/mol. The number of rotatable bonds is 3. The highest BCUT2D eigenvalue weighted by Crippen LogP contribution is 2.16. The van der Waals surface area contributed by atoms with Crippen LogP contribution in [0.4, 0.5) is 11.5 Å². The molecule has 0 radical (unpaired) electrons. The molecule has 0 saturated carbocycles. The van der Waals surface area contributed by atoms with E-state index in [9.17, 15) is 9.59 Å². The van der Waals surface area contributed by atoms with Gasteiger partial charge in [-0.2, -0.15) is 0 Å². The van der Waals surface area contributed by atoms with Crippen LogP contribution in [-0.2, 0) is 6.54 Å². The standard InChI is InChI=1S/C12H21N5O2/c1-3-17-10(13)9(11(18)15-12(17)19)14-8-5-4-6-16(2)7-8/h8,14H,3-7,13H2,1-2H3,(H,15,18,19). The predicted octanol–water partition coefficient (Wildman–Crippen LogP) is -0.355. The Labute approximate surface area is 111 Å². The van der Waals surface area contributed by atoms with Crippen molar-refractivity contribution in [2.45, 2.75) is 32.4 Å². The van der Waals surface area contributed by atoms with Crippen molar-refractivity contribution in [3.8, 4) is 0 Å². The van der Waals surface area contributed by atoms with Gasteiger partial charge in [-0.05, 0) is 33.4 Å². The van der Waals surface area contributed by atoms with Crippen LogP contribution in [0.1, 0.15) is 19.8 Å². The van der Waals surface area contributed by atoms with E-state index >= 15 is 0 Å². The Bertz CT molecular complexity index is 562. The molecular formula is C12H21N5O2. The summed E-state index contributed by atoms with van der Waals surface area (Å²) in [4.78, 5) is 27.9. The number of hydrogen-bond donors (Lipinski definition) is 3. The van der Waals surface area contributed by atoms with Gasteiger partial charge in [0.25, 0.3) is 5.56 Å². The number of hydrogen-bond acceptors (Lipinski definition) is 5. The number of aromatic amines is 1. The Morgan fingerprint density at radius 3 is 2.84 bits per heavy atom. The van der Waals surface area contributed by atoms with Crippen molar-refractivity contribution in [3.63, 3.8) is 0 Å². The van der Waals surface area contributed by atoms with Gasteiger partial charge in [0.1, 0.15) is 11.5 Å². The third kappa shape index (κ3) is 2.81. The van der Waals surface area contributed by atoms with Gasteiger partial charge in [-0.1, -0.05) is 0 Å². The summed E-state index contributed by atoms with van der Waals surface area (Å²) in [5, 5.41) is 3.18. The fourth-order valence-electron chi connectivity index (χ4n) is 2.53. The smallest absolute Gasteiger partial charge is 0.330 e. The van der Waals surface area contributed by atoms with E-state index in [0.29, 0.717) is 12.2 Å². The second kappa shape index (κ2) is 5.48. The van der Waals surface area contributed by atoms with Crippen LogP contribution >= 0.6 is 0 Å². The molecule has 1 aromatic rings. The number of nitrogens with two attached hydrogens (primary N) is 1. The molecule has 7 nitrogen and oxygen atoms in total. The number of H-pyrrole nitrogens is 1. The molecule has 1 unspecified atom stereocenters. The summed E-state index contributed by atoms with van der Waals surface area (Å²) >= 11 is 0. The van der Waals surface area contributed by atoms with E-state index in [1.807, 2.05) is 14.0 Å². The fraction of sp³-hybridized carbons (Fsp3) is 0.667. The van der Waals surface area contributed by atoms with Crippen LogP contribution in [0, 0.1) is 0 Å². The summed E-state index contributed by atoms with van der Waals surface area (Å²) in [6, 6.07) is 0.185. The number of anilines is 2. The second-order valence-corrected chi connectivity index (χ2v) is 5.01. The summed E-state index contributed by atoms with van der Waals surface area (Å²) < 4.78 is 1.36. The maximum Gasteiger partial charge on any atom is 0.330 e. The predicted molar refractivity (Wildman–Crippen MR) is 75.6 cm³/mol. The summed E-state index contributed by atoms with van der Waals surface area (Å²) in [6.07, 6.45) is 2.08. The Balaban J connectivity index is 2.29. The first-order valence-corrected chi connectivity index (χ1v) is 6.60. The Morgan fingerprint density at radius 2 is 2.21 bits per heavy atom. The molecule has 4 N–H and O–H groups in total. The van der Waals surface area contributed by atoms with Crippen molar-refractivity contribution in [1.29, 1.82) is 0 Å². The molecular weight excluding hydrogens is 246 g/mol. The van der Waals surface area contributed by atoms with Crippen LogP contribution in [0.2, 0.25) is 0 Å². The minimum absolute atomic E-state index is 0.185. The normalized spacial score (nSPS) is 20.4. The lowest BCUT2D eigenvalue weighted by Crippen LogP contribution is -2.42. The SMILES string of the molecule is CCn1c(N)c(NC2CCCN(C)C2)c(=O)[nH]c1=O. The molecule has 1 aliphatic heterocycles. The first-order valence-electron chi connectivity index (χ1n) is 6.60. The Hall–Kier alpha value is -1.76. The van der Waals surface area contributed by atoms with Gasteiger partial charge in [-0.3, -0.25) is 14.3 Å². The quantitative estimate of drug-likeness (QED) is 0.695. The van der Waals surface area contributed by atoms with Gasteiger partial charge < -0.3 is 16.0 Å². The van der Waals surface area contributed by atoms with E-state index in [4.69, 9.17) is 5.73 Å². The first kappa shape index (κ1) is 13.7. The minimum atomic E-state index is -0.462. The molecule has 1 atom stereocenters. The fourth-order valence-corrected chi connectivity index (χ4v) is 2.53. The molecule has 0 aromatic carbocycles. The third-order valence-corrected chi connectivity index (χ3v) is 3.53. The van der Waals surface area contributed by atoms with Crippen LogP contribution in [0.3, 0.4) is 0 Å². The molecule has 0 aliphatic carbocycles. The maximum absolute atomic E-state index is 11.9. The molecule has 2 heterocycles. The first-order chi connectivity index (χ1) is 9.02. The number of aromatic nitrogens is 2. The highest BCUT2D eigenvalue weighted by Gasteiger charge is 2.20. The number of piperidine rings is 1. The monoisotopic (exact) mass is 267 g/mol. The highest BCUT2D eigenvalue weighted by atomic mass is 16.2. The van der Waals surface area contributed by atoms with E-state index in [0.717, 1.165) is 25.9 Å². The van der Waals surface area contributed by atoms with Crippen molar-refractivity contribution in [2.24, 2.45) is 0 Å². The van der Waals surface area contributed by atoms with Crippen LogP contribution in [0.15, 0.2) is 9.59 Å². The summed E-state index contributed by atoms with van der Waals surface area (Å²) in [5.41, 5.74) is 5.32. The maximum atomic E-state index is 11.9. The van der Waals surface area contributed by atoms with Crippen LogP contribution in [0.25, 0.3) is 0 Å². The van der Waals surface area contributed by atoms with Gasteiger partial charge in [0.2, 0.25) is 0 Å². The molecule has 1 saturated heterocycles. The molecule has 1 aromatic heterocycles. The van der Waals surface area contributed by atoms with Gasteiger partial charge in [0, 0.05) is 19.1 Å². The van der Waals surface area contributed by atoms with Gasteiger partial charge in [-0.25, -0.2) is 4.79 Å². The number of nitrogens with one attached hydrogen (secondary N) is 2. The zero-order valence-corrected chi connectivity index (χ0v) is 11.4. The lowest BCUT2D eigenvalue weighted by molar-refractivity contribution is 0.261. The van der Waals surface area contributed by atoms with E-state index in [-0.39, 0.29) is 11.9 Å². The van der Waals surface area contributed by atoms with Gasteiger partial charge in [0.05, 0.1) is 0 Å². The largest absolute Gasteiger partial charge is 0.383 e. The number of nitrogens with zero attached hydrogens (tertiary/aromatic N) is 2. The molecule has 106 valence electrons. The van der Waals surface area contributed by atoms with Crippen molar-refractivity contribution in [2.75, 3.05) is 31.2 Å². The van der Waals surface area contributed by atoms with Gasteiger partial charge in [0.15, 0.2) is 0 Å². The lowest BCUT2D eigenvalue weighted by Gasteiger charge is -2.31. The third-order valence-electron chi connectivity index (χ3n) is 3.53. The van der Waals surface area contributed by atoms with E-state index in [1.165, 1.54) is 4.57 Å². The molecule has 2 rings (SSSR count). The van der Waals surface area contributed by atoms with E-state index < -0.39 is 11.2 Å². The van der Waals surface area contributed by atoms with Crippen molar-refractivity contribution >= 4 is 11.5 Å². The van der Waals surface area contributed by atoms with Crippen LogP contribution < -0.4 is 22.3 Å². The van der Waals surface area contributed by atoms with Crippen molar-refractivity contribution < 1.29 is 0 Å². The van der Waals surface area contributed by atoms with Crippen LogP contribution in [-0.4, -0.2) is 40.6 Å². The summed E-state index contributed by atoms with van der Waals surface area (Å²) in [7, 11) is 2.05. The molecule has 0 spiro atoms. The lowest BCUT2D eigenvalue weighted by atomic mass is 10.1. The molecule has 1 fully saturated rings. The summed E-state index contributed by atoms with van der Waals surface area (Å²) in [6.45, 7) is 4.18. The van der Waals surface area contributed by atoms with Gasteiger partial charge >= 0.3 is 5.69 Å². The Kier molecular flexibility index (Phi) is 3.94. The van der Waals surface area contributed by atoms with Crippen molar-refractivity contribution in [1.82, 2.24) is 14.5 Å². The van der Waals surface area contributed by atoms with Gasteiger partial charge in [-0.15, -0.1) is 0 Å². The minimum Gasteiger partial charge on any atom is -0.383 e. The zero-order chi connectivity index (χ0) is 14.0. The number of likely N-dealkylation sites (tertiary alicyclic amines) is 1. The number of nitrogen functional groups attached to an aromatic ring is 1. The number of likely N-dealkylation sites (N-methyl/N-ethyl adjacent to an activating group) is 1. The molecule has 0 bridgehead atoms. The molecule has 0 amide bonds. The van der Waals surface area contributed by atoms with E-state index in [2.05, 4.69) is 15.2 Å². The highest BCUT2D eigenvalue weighted by molar-refractivity contribution is 5.60. The Morgan fingerprint density at radius 1 is 1.47 bits per heavy atom. The molecule has 7 heteroatoms.